The van der Waals surface area contributed by atoms with Gasteiger partial charge in [-0.1, -0.05) is 184 Å². The summed E-state index contributed by atoms with van der Waals surface area (Å²) in [5.41, 5.74) is 19.7. The van der Waals surface area contributed by atoms with Gasteiger partial charge in [-0.05, 0) is 218 Å². The lowest BCUT2D eigenvalue weighted by Gasteiger charge is -2.31. The van der Waals surface area contributed by atoms with Gasteiger partial charge in [0.05, 0.1) is 78.5 Å². The number of hydrogen-bond donors (Lipinski definition) is 7. The van der Waals surface area contributed by atoms with Crippen molar-refractivity contribution in [3.63, 3.8) is 0 Å². The zero-order chi connectivity index (χ0) is 97.7. The normalized spacial score (nSPS) is 15.2. The van der Waals surface area contributed by atoms with Gasteiger partial charge in [0.15, 0.2) is 17.1 Å². The quantitative estimate of drug-likeness (QED) is 0.0262. The van der Waals surface area contributed by atoms with Crippen molar-refractivity contribution in [2.45, 2.75) is 121 Å². The molecule has 7 aromatic heterocycles. The summed E-state index contributed by atoms with van der Waals surface area (Å²) in [4.78, 5) is 48.3. The molecule has 1 saturated carbocycles. The van der Waals surface area contributed by atoms with Crippen LogP contribution in [0.25, 0.3) is 48.8 Å². The van der Waals surface area contributed by atoms with Gasteiger partial charge in [-0.25, -0.2) is 42.2 Å². The number of rotatable bonds is 25. The zero-order valence-electron chi connectivity index (χ0n) is 76.1. The second-order valence-electron chi connectivity index (χ2n) is 33.9. The molecule has 0 bridgehead atoms. The second kappa shape index (κ2) is 46.4. The summed E-state index contributed by atoms with van der Waals surface area (Å²) in [6, 6.07) is 53.5. The third kappa shape index (κ3) is 26.7. The maximum absolute atomic E-state index is 14.0. The first-order valence-electron chi connectivity index (χ1n) is 45.1. The number of thiophene rings is 4. The highest BCUT2D eigenvalue weighted by Gasteiger charge is 2.36. The second-order valence-corrected chi connectivity index (χ2v) is 45.9. The summed E-state index contributed by atoms with van der Waals surface area (Å²) in [5, 5.41) is 24.0. The van der Waals surface area contributed by atoms with Gasteiger partial charge in [-0.15, -0.1) is 45.3 Å². The molecule has 6 aromatic carbocycles. The highest BCUT2D eigenvalue weighted by Crippen LogP contribution is 2.42. The van der Waals surface area contributed by atoms with Crippen LogP contribution in [0.3, 0.4) is 0 Å². The lowest BCUT2D eigenvalue weighted by Crippen LogP contribution is -2.50. The Morgan fingerprint density at radius 1 is 0.396 bits per heavy atom. The van der Waals surface area contributed by atoms with Gasteiger partial charge in [0.2, 0.25) is 10.0 Å². The molecule has 5 aliphatic rings. The van der Waals surface area contributed by atoms with Gasteiger partial charge in [-0.3, -0.25) is 30.7 Å². The molecule has 40 heteroatoms. The third-order valence-electron chi connectivity index (χ3n) is 23.3. The molecule has 0 atom stereocenters. The highest BCUT2D eigenvalue weighted by atomic mass is 35.5. The van der Waals surface area contributed by atoms with Crippen LogP contribution < -0.4 is 35.2 Å². The Morgan fingerprint density at radius 2 is 0.734 bits per heavy atom. The Labute approximate surface area is 855 Å². The summed E-state index contributed by atoms with van der Waals surface area (Å²) >= 11 is 44.2. The fourth-order valence-electron chi connectivity index (χ4n) is 15.7. The van der Waals surface area contributed by atoms with E-state index in [9.17, 15) is 39.6 Å². The molecule has 7 N–H and O–H groups in total. The number of halogens is 6. The number of benzene rings is 6. The number of piperazine rings is 1. The number of piperidine rings is 3. The number of amides is 3. The molecule has 18 rings (SSSR count). The molecule has 13 aromatic rings. The van der Waals surface area contributed by atoms with E-state index in [-0.39, 0.29) is 47.0 Å². The molecule has 0 radical (unpaired) electrons. The number of aryl methyl sites for hydroxylation is 3. The minimum absolute atomic E-state index is 0.0774. The van der Waals surface area contributed by atoms with Crippen LogP contribution in [-0.4, -0.2) is 175 Å². The molecule has 4 saturated heterocycles. The van der Waals surface area contributed by atoms with Gasteiger partial charge in [0, 0.05) is 140 Å². The van der Waals surface area contributed by atoms with Crippen LogP contribution in [0.15, 0.2) is 186 Å². The van der Waals surface area contributed by atoms with Gasteiger partial charge in [-0.2, -0.15) is 50.6 Å². The van der Waals surface area contributed by atoms with Gasteiger partial charge >= 0.3 is 0 Å². The predicted octanol–water partition coefficient (Wildman–Crippen LogP) is 18.4. The van der Waals surface area contributed by atoms with Crippen LogP contribution in [0, 0.1) is 56.3 Å². The number of aromatic nitrogens is 6. The number of hydrogen-bond acceptors (Lipinski definition) is 20. The predicted molar refractivity (Wildman–Crippen MR) is 556 cm³/mol. The molecular formula is C99H98Cl6N18O9S7. The number of sulfonamides is 1. The summed E-state index contributed by atoms with van der Waals surface area (Å²) < 4.78 is 96.5. The van der Waals surface area contributed by atoms with E-state index in [4.69, 9.17) is 84.9 Å². The Morgan fingerprint density at radius 3 is 1.06 bits per heavy atom. The molecular weight excluding hydrogens is 2020 g/mol. The Kier molecular flexibility index (Phi) is 34.1. The summed E-state index contributed by atoms with van der Waals surface area (Å²) in [5.74, 6) is 18.0. The van der Waals surface area contributed by atoms with Crippen molar-refractivity contribution in [3.05, 3.63) is 293 Å². The van der Waals surface area contributed by atoms with Crippen LogP contribution in [0.2, 0.25) is 30.1 Å². The fraction of sp³-hybridized carbons (Fsp3) is 0.293. The van der Waals surface area contributed by atoms with Gasteiger partial charge in [0.25, 0.3) is 38.1 Å². The fourth-order valence-corrected chi connectivity index (χ4v) is 24.2. The van der Waals surface area contributed by atoms with Crippen molar-refractivity contribution in [1.29, 1.82) is 0 Å². The molecule has 3 amide bonds. The minimum Gasteiger partial charge on any atom is -0.304 e. The van der Waals surface area contributed by atoms with Crippen LogP contribution in [0.4, 0.5) is 0 Å². The van der Waals surface area contributed by atoms with Crippen LogP contribution in [0.5, 0.6) is 0 Å². The van der Waals surface area contributed by atoms with E-state index in [2.05, 4.69) is 75.6 Å². The van der Waals surface area contributed by atoms with Crippen LogP contribution in [0.1, 0.15) is 167 Å². The van der Waals surface area contributed by atoms with Crippen molar-refractivity contribution in [2.75, 3.05) is 72.5 Å². The first-order chi connectivity index (χ1) is 66.9. The van der Waals surface area contributed by atoms with Crippen LogP contribution >= 0.6 is 115 Å². The third-order valence-corrected chi connectivity index (χ3v) is 33.4. The molecule has 722 valence electrons. The topological polar surface area (TPSA) is 308 Å². The first-order valence-corrected chi connectivity index (χ1v) is 55.1. The highest BCUT2D eigenvalue weighted by molar-refractivity contribution is 7.91. The number of carbonyl (C=O) groups is 3. The largest absolute Gasteiger partial charge is 0.304 e. The molecule has 11 heterocycles. The number of likely N-dealkylation sites (N-methyl/N-ethyl adjacent to an activating group) is 1. The average molecular weight is 2120 g/mol. The van der Waals surface area contributed by atoms with E-state index in [1.54, 1.807) is 80.1 Å². The van der Waals surface area contributed by atoms with E-state index >= 15 is 0 Å². The van der Waals surface area contributed by atoms with E-state index in [1.165, 1.54) is 44.4 Å². The minimum atomic E-state index is -3.86. The first kappa shape index (κ1) is 102. The molecule has 27 nitrogen and oxygen atoms in total. The van der Waals surface area contributed by atoms with Crippen LogP contribution in [-0.2, 0) is 50.1 Å². The Balaban J connectivity index is 0.000000151. The maximum atomic E-state index is 14.0. The zero-order valence-corrected chi connectivity index (χ0v) is 86.3. The lowest BCUT2D eigenvalue weighted by molar-refractivity contribution is 0.0736. The smallest absolute Gasteiger partial charge is 0.286 e. The van der Waals surface area contributed by atoms with Crippen molar-refractivity contribution in [1.82, 2.24) is 88.7 Å². The number of nitrogens with zero attached hydrogens (tertiary/aromatic N) is 11. The average Bonchev–Trinajstić information content (AvgIpc) is 1.61. The maximum Gasteiger partial charge on any atom is 0.286 e. The summed E-state index contributed by atoms with van der Waals surface area (Å²) in [7, 11) is -9.60. The summed E-state index contributed by atoms with van der Waals surface area (Å²) in [6.07, 6.45) is 10.7. The molecule has 139 heavy (non-hydrogen) atoms. The number of nitrogens with one attached hydrogen (secondary N) is 7. The molecule has 5 fully saturated rings. The van der Waals surface area contributed by atoms with Crippen molar-refractivity contribution in [3.8, 4) is 84.3 Å². The lowest BCUT2D eigenvalue weighted by atomic mass is 10.1. The monoisotopic (exact) mass is 2120 g/mol. The molecule has 4 aliphatic heterocycles. The van der Waals surface area contributed by atoms with E-state index in [0.29, 0.717) is 107 Å². The molecule has 0 unspecified atom stereocenters. The van der Waals surface area contributed by atoms with E-state index in [0.717, 1.165) is 184 Å². The molecule has 1 aliphatic carbocycles. The molecule has 0 spiro atoms. The van der Waals surface area contributed by atoms with Gasteiger partial charge < -0.3 is 4.90 Å². The number of hydrazine groups is 3. The van der Waals surface area contributed by atoms with Crippen molar-refractivity contribution < 1.29 is 39.6 Å². The van der Waals surface area contributed by atoms with E-state index in [1.807, 2.05) is 152 Å². The van der Waals surface area contributed by atoms with Crippen molar-refractivity contribution in [2.24, 2.45) is 0 Å². The Bertz CT molecular complexity index is 7230. The van der Waals surface area contributed by atoms with E-state index < -0.39 is 48.2 Å². The number of carbonyl (C=O) groups excluding carboxylic acids is 3. The standard InChI is InChI=1S/C34H37Cl2N7O3S2.C33H29Cl2N5O3S3.C32H32Cl2N6O3S2/c1-24-6-8-25(9-7-24)10-12-27-13-15-31(47-27)33-28(23-37-48(45,46)42-20-18-40(2)19-21-42)32(34(44)39-41-16-4-3-5-17-41)38-43(33)30-14-11-26(35)22-29(30)36;1-22-7-9-23(10-8-22)11-13-25-14-16-29(45-25)32-26(21-36-46(42,43)30-6-5-19-44-30)31(33(41)38-39-17-3-2-4-18-39)37-40(32)28-15-12-24(34)20-27(28)35;1-21-5-7-22(8-6-21)9-13-25-14-16-29(44-25)31-26(20-35-45(42,43)38-24-11-12-24)30(32(41)37-39-17-3-2-4-18-39)36-40(31)28-15-10-23(33)19-27(28)34/h6-9,11,13-15,22,37H,3-5,16-21,23H2,1-2H3,(H,39,44);5-10,12,14-16,19-20,36H,2-4,17-18,21H2,1H3,(H,38,41);5-8,10,14-16,19,24,35,38H,2-4,11-12,17-18,20H2,1H3,(H,37,41). The van der Waals surface area contributed by atoms with Gasteiger partial charge in [0.1, 0.15) is 4.21 Å². The SMILES string of the molecule is Cc1ccc(C#Cc2ccc(-c3c(CNS(=O)(=O)N4CCN(C)CC4)c(C(=O)NN4CCCCC4)nn3-c3ccc(Cl)cc3Cl)s2)cc1.Cc1ccc(C#Cc2ccc(-c3c(CNS(=O)(=O)NC4CC4)c(C(=O)NN4CCCCC4)nn3-c3ccc(Cl)cc3Cl)s2)cc1.Cc1ccc(C#Cc2ccc(-c3c(CNS(=O)(=O)c4cccs4)c(C(=O)NN4CCCCC4)nn3-c3ccc(Cl)cc3Cl)s2)cc1. The Hall–Kier alpha value is -9.93. The summed E-state index contributed by atoms with van der Waals surface area (Å²) in [6.45, 7) is 11.9. The van der Waals surface area contributed by atoms with Crippen molar-refractivity contribution >= 4 is 163 Å².